The second kappa shape index (κ2) is 10.5. The molecule has 4 heteroatoms. The lowest BCUT2D eigenvalue weighted by Gasteiger charge is -2.43. The van der Waals surface area contributed by atoms with Gasteiger partial charge in [0, 0.05) is 13.2 Å². The van der Waals surface area contributed by atoms with Gasteiger partial charge in [0.2, 0.25) is 0 Å². The van der Waals surface area contributed by atoms with Crippen LogP contribution in [0.1, 0.15) is 47.5 Å². The second-order valence-electron chi connectivity index (χ2n) is 9.49. The Bertz CT molecular complexity index is 672. The van der Waals surface area contributed by atoms with Gasteiger partial charge in [-0.3, -0.25) is 0 Å². The molecule has 2 aromatic rings. The molecule has 0 aliphatic rings. The minimum atomic E-state index is -2.52. The number of aliphatic hydroxyl groups is 2. The molecule has 2 N–H and O–H groups in total. The summed E-state index contributed by atoms with van der Waals surface area (Å²) in [7, 11) is -2.52. The molecular weight excluding hydrogens is 376 g/mol. The predicted octanol–water partition coefficient (Wildman–Crippen LogP) is 3.97. The predicted molar refractivity (Wildman–Crippen MR) is 124 cm³/mol. The van der Waals surface area contributed by atoms with Crippen LogP contribution in [0.25, 0.3) is 0 Å². The Morgan fingerprint density at radius 3 is 1.69 bits per heavy atom. The van der Waals surface area contributed by atoms with E-state index in [1.165, 1.54) is 10.4 Å². The summed E-state index contributed by atoms with van der Waals surface area (Å²) in [5, 5.41) is 22.1. The van der Waals surface area contributed by atoms with Gasteiger partial charge in [0.1, 0.15) is 0 Å². The average molecular weight is 415 g/mol. The largest absolute Gasteiger partial charge is 0.407 e. The first-order valence-corrected chi connectivity index (χ1v) is 12.7. The zero-order chi connectivity index (χ0) is 21.5. The van der Waals surface area contributed by atoms with Crippen molar-refractivity contribution in [2.75, 3.05) is 13.2 Å². The Balaban J connectivity index is 2.29. The van der Waals surface area contributed by atoms with Gasteiger partial charge >= 0.3 is 0 Å². The van der Waals surface area contributed by atoms with E-state index in [2.05, 4.69) is 88.4 Å². The molecule has 160 valence electrons. The standard InChI is InChI=1S/C25H38O3Si/c1-20(18-26)16-22(27)17-21(2)19-28-29(25(3,4)5,23-12-8-6-9-13-23)24-14-10-7-11-15-24/h6-15,20-22,26-27H,16-19H2,1-5H3. The van der Waals surface area contributed by atoms with Crippen LogP contribution < -0.4 is 10.4 Å². The zero-order valence-corrected chi connectivity index (χ0v) is 19.6. The Hall–Kier alpha value is -1.46. The van der Waals surface area contributed by atoms with Gasteiger partial charge in [-0.25, -0.2) is 0 Å². The third-order valence-corrected chi connectivity index (χ3v) is 10.7. The van der Waals surface area contributed by atoms with E-state index in [0.717, 1.165) is 0 Å². The van der Waals surface area contributed by atoms with Gasteiger partial charge in [0.05, 0.1) is 6.10 Å². The third-order valence-electron chi connectivity index (χ3n) is 5.66. The molecule has 3 unspecified atom stereocenters. The van der Waals surface area contributed by atoms with Crippen LogP contribution in [0.15, 0.2) is 60.7 Å². The van der Waals surface area contributed by atoms with Gasteiger partial charge in [-0.2, -0.15) is 0 Å². The summed E-state index contributed by atoms with van der Waals surface area (Å²) >= 11 is 0. The molecule has 0 aromatic heterocycles. The Morgan fingerprint density at radius 2 is 1.28 bits per heavy atom. The summed E-state index contributed by atoms with van der Waals surface area (Å²) < 4.78 is 6.94. The number of hydrogen-bond donors (Lipinski definition) is 2. The van der Waals surface area contributed by atoms with Crippen molar-refractivity contribution in [1.29, 1.82) is 0 Å². The highest BCUT2D eigenvalue weighted by Gasteiger charge is 2.50. The molecule has 3 atom stereocenters. The molecule has 3 nitrogen and oxygen atoms in total. The summed E-state index contributed by atoms with van der Waals surface area (Å²) in [5.74, 6) is 0.354. The molecule has 0 amide bonds. The van der Waals surface area contributed by atoms with Crippen LogP contribution in [0.3, 0.4) is 0 Å². The number of rotatable bonds is 10. The number of aliphatic hydroxyl groups excluding tert-OH is 2. The summed E-state index contributed by atoms with van der Waals surface area (Å²) in [6.45, 7) is 11.7. The van der Waals surface area contributed by atoms with Gasteiger partial charge < -0.3 is 14.6 Å². The first-order chi connectivity index (χ1) is 13.7. The van der Waals surface area contributed by atoms with Gasteiger partial charge in [0.25, 0.3) is 8.32 Å². The second-order valence-corrected chi connectivity index (χ2v) is 13.8. The quantitative estimate of drug-likeness (QED) is 0.579. The lowest BCUT2D eigenvalue weighted by atomic mass is 9.97. The lowest BCUT2D eigenvalue weighted by Crippen LogP contribution is -2.66. The van der Waals surface area contributed by atoms with Crippen molar-refractivity contribution in [2.24, 2.45) is 11.8 Å². The fourth-order valence-corrected chi connectivity index (χ4v) is 8.89. The Morgan fingerprint density at radius 1 is 0.828 bits per heavy atom. The van der Waals surface area contributed by atoms with Crippen molar-refractivity contribution in [3.8, 4) is 0 Å². The van der Waals surface area contributed by atoms with E-state index in [0.29, 0.717) is 19.4 Å². The third kappa shape index (κ3) is 6.02. The van der Waals surface area contributed by atoms with Crippen LogP contribution in [0.4, 0.5) is 0 Å². The average Bonchev–Trinajstić information content (AvgIpc) is 2.68. The normalized spacial score (nSPS) is 15.7. The smallest absolute Gasteiger partial charge is 0.261 e. The summed E-state index contributed by atoms with van der Waals surface area (Å²) in [4.78, 5) is 0. The van der Waals surface area contributed by atoms with E-state index in [9.17, 15) is 10.2 Å². The van der Waals surface area contributed by atoms with E-state index in [4.69, 9.17) is 4.43 Å². The van der Waals surface area contributed by atoms with Crippen molar-refractivity contribution in [3.05, 3.63) is 60.7 Å². The monoisotopic (exact) mass is 414 g/mol. The molecule has 0 fully saturated rings. The van der Waals surface area contributed by atoms with Crippen LogP contribution in [0, 0.1) is 11.8 Å². The molecule has 2 aromatic carbocycles. The van der Waals surface area contributed by atoms with E-state index in [-0.39, 0.29) is 23.5 Å². The van der Waals surface area contributed by atoms with Gasteiger partial charge in [0.15, 0.2) is 0 Å². The van der Waals surface area contributed by atoms with Crippen LogP contribution in [0.5, 0.6) is 0 Å². The Labute approximate surface area is 177 Å². The zero-order valence-electron chi connectivity index (χ0n) is 18.6. The van der Waals surface area contributed by atoms with Crippen molar-refractivity contribution < 1.29 is 14.6 Å². The topological polar surface area (TPSA) is 49.7 Å². The van der Waals surface area contributed by atoms with Gasteiger partial charge in [-0.1, -0.05) is 95.3 Å². The maximum Gasteiger partial charge on any atom is 0.261 e. The fourth-order valence-electron chi connectivity index (χ4n) is 4.20. The molecule has 0 bridgehead atoms. The van der Waals surface area contributed by atoms with Gasteiger partial charge in [-0.05, 0) is 40.1 Å². The van der Waals surface area contributed by atoms with Crippen LogP contribution >= 0.6 is 0 Å². The SMILES string of the molecule is CC(CO)CC(O)CC(C)CO[Si](c1ccccc1)(c1ccccc1)C(C)(C)C. The van der Waals surface area contributed by atoms with E-state index >= 15 is 0 Å². The Kier molecular flexibility index (Phi) is 8.65. The molecule has 0 aliphatic heterocycles. The molecule has 0 saturated heterocycles. The van der Waals surface area contributed by atoms with E-state index in [1.807, 2.05) is 6.92 Å². The minimum Gasteiger partial charge on any atom is -0.407 e. The molecule has 0 spiro atoms. The van der Waals surface area contributed by atoms with Crippen LogP contribution in [-0.4, -0.2) is 37.8 Å². The molecule has 0 saturated carbocycles. The maximum atomic E-state index is 10.4. The summed E-state index contributed by atoms with van der Waals surface area (Å²) in [5.41, 5.74) is 0. The molecule has 0 radical (unpaired) electrons. The summed E-state index contributed by atoms with van der Waals surface area (Å²) in [6, 6.07) is 21.3. The van der Waals surface area contributed by atoms with Gasteiger partial charge in [-0.15, -0.1) is 0 Å². The highest BCUT2D eigenvalue weighted by atomic mass is 28.4. The maximum absolute atomic E-state index is 10.4. The first-order valence-electron chi connectivity index (χ1n) is 10.7. The molecule has 2 rings (SSSR count). The van der Waals surface area contributed by atoms with E-state index in [1.54, 1.807) is 0 Å². The van der Waals surface area contributed by atoms with Crippen molar-refractivity contribution in [1.82, 2.24) is 0 Å². The number of benzene rings is 2. The first kappa shape index (κ1) is 23.8. The highest BCUT2D eigenvalue weighted by molar-refractivity contribution is 6.99. The van der Waals surface area contributed by atoms with Crippen LogP contribution in [0.2, 0.25) is 5.04 Å². The van der Waals surface area contributed by atoms with Crippen molar-refractivity contribution >= 4 is 18.7 Å². The van der Waals surface area contributed by atoms with Crippen molar-refractivity contribution in [3.63, 3.8) is 0 Å². The molecule has 29 heavy (non-hydrogen) atoms. The van der Waals surface area contributed by atoms with E-state index < -0.39 is 14.4 Å². The molecular formula is C25H38O3Si. The number of hydrogen-bond acceptors (Lipinski definition) is 3. The highest BCUT2D eigenvalue weighted by Crippen LogP contribution is 2.37. The molecule has 0 heterocycles. The fraction of sp³-hybridized carbons (Fsp3) is 0.520. The molecule has 0 aliphatic carbocycles. The van der Waals surface area contributed by atoms with Crippen molar-refractivity contribution in [2.45, 2.75) is 58.6 Å². The minimum absolute atomic E-state index is 0.0422. The van der Waals surface area contributed by atoms with Crippen LogP contribution in [-0.2, 0) is 4.43 Å². The summed E-state index contributed by atoms with van der Waals surface area (Å²) in [6.07, 6.45) is 0.901. The lowest BCUT2D eigenvalue weighted by molar-refractivity contribution is 0.0904.